The maximum atomic E-state index is 12.7. The van der Waals surface area contributed by atoms with Crippen molar-refractivity contribution in [3.8, 4) is 11.3 Å². The Morgan fingerprint density at radius 2 is 1.88 bits per heavy atom. The summed E-state index contributed by atoms with van der Waals surface area (Å²) >= 11 is 0. The fourth-order valence-corrected chi connectivity index (χ4v) is 5.65. The van der Waals surface area contributed by atoms with Gasteiger partial charge < -0.3 is 4.90 Å². The second-order valence-corrected chi connectivity index (χ2v) is 10.6. The third-order valence-electron chi connectivity index (χ3n) is 5.81. The SMILES string of the molecule is Cc1ccc(Cn2cc(/C=C/C(=O)N(C)C3CCS(=O)(=O)C3)c(-c3ccccc3)n2)cc1. The first kappa shape index (κ1) is 22.0. The molecule has 7 heteroatoms. The molecule has 0 spiro atoms. The van der Waals surface area contributed by atoms with Crippen LogP contribution in [0.25, 0.3) is 17.3 Å². The number of rotatable bonds is 6. The maximum Gasteiger partial charge on any atom is 0.246 e. The summed E-state index contributed by atoms with van der Waals surface area (Å²) in [6, 6.07) is 17.9. The van der Waals surface area contributed by atoms with Crippen molar-refractivity contribution in [1.82, 2.24) is 14.7 Å². The van der Waals surface area contributed by atoms with Crippen LogP contribution in [0.3, 0.4) is 0 Å². The second kappa shape index (κ2) is 9.12. The van der Waals surface area contributed by atoms with E-state index in [2.05, 4.69) is 31.2 Å². The molecular weight excluding hydrogens is 422 g/mol. The lowest BCUT2D eigenvalue weighted by molar-refractivity contribution is -0.126. The standard InChI is InChI=1S/C25H27N3O3S/c1-19-8-10-20(11-9-19)16-28-17-22(25(26-28)21-6-4-3-5-7-21)12-13-24(29)27(2)23-14-15-32(30,31)18-23/h3-13,17,23H,14-16,18H2,1-2H3/b13-12+. The van der Waals surface area contributed by atoms with Crippen LogP contribution in [0.2, 0.25) is 0 Å². The lowest BCUT2D eigenvalue weighted by Crippen LogP contribution is -2.36. The summed E-state index contributed by atoms with van der Waals surface area (Å²) in [4.78, 5) is 14.2. The number of nitrogens with zero attached hydrogens (tertiary/aromatic N) is 3. The van der Waals surface area contributed by atoms with Gasteiger partial charge in [0.25, 0.3) is 0 Å². The number of sulfone groups is 1. The molecule has 4 rings (SSSR count). The number of benzene rings is 2. The number of amides is 1. The first-order chi connectivity index (χ1) is 15.3. The molecule has 0 aliphatic carbocycles. The first-order valence-corrected chi connectivity index (χ1v) is 12.5. The van der Waals surface area contributed by atoms with E-state index in [-0.39, 0.29) is 23.5 Å². The van der Waals surface area contributed by atoms with Crippen LogP contribution in [0.4, 0.5) is 0 Å². The van der Waals surface area contributed by atoms with Crippen molar-refractivity contribution in [2.24, 2.45) is 0 Å². The van der Waals surface area contributed by atoms with Gasteiger partial charge >= 0.3 is 0 Å². The van der Waals surface area contributed by atoms with E-state index in [1.54, 1.807) is 13.1 Å². The second-order valence-electron chi connectivity index (χ2n) is 8.32. The molecule has 0 saturated carbocycles. The largest absolute Gasteiger partial charge is 0.338 e. The summed E-state index contributed by atoms with van der Waals surface area (Å²) in [5.41, 5.74) is 4.96. The predicted octanol–water partition coefficient (Wildman–Crippen LogP) is 3.57. The summed E-state index contributed by atoms with van der Waals surface area (Å²) in [6.07, 6.45) is 5.70. The van der Waals surface area contributed by atoms with E-state index in [1.807, 2.05) is 41.2 Å². The molecular formula is C25H27N3O3S. The molecule has 2 heterocycles. The highest BCUT2D eigenvalue weighted by Crippen LogP contribution is 2.24. The van der Waals surface area contributed by atoms with Gasteiger partial charge in [-0.3, -0.25) is 9.48 Å². The fourth-order valence-electron chi connectivity index (χ4n) is 3.88. The molecule has 166 valence electrons. The van der Waals surface area contributed by atoms with Crippen LogP contribution in [0, 0.1) is 6.92 Å². The number of hydrogen-bond donors (Lipinski definition) is 0. The molecule has 1 unspecified atom stereocenters. The molecule has 1 aliphatic heterocycles. The molecule has 1 aromatic heterocycles. The molecule has 6 nitrogen and oxygen atoms in total. The van der Waals surface area contributed by atoms with Gasteiger partial charge in [-0.2, -0.15) is 5.10 Å². The summed E-state index contributed by atoms with van der Waals surface area (Å²) in [7, 11) is -1.38. The van der Waals surface area contributed by atoms with Crippen LogP contribution in [-0.4, -0.2) is 53.6 Å². The number of aryl methyl sites for hydroxylation is 1. The molecule has 1 saturated heterocycles. The third kappa shape index (κ3) is 5.16. The quantitative estimate of drug-likeness (QED) is 0.540. The van der Waals surface area contributed by atoms with Crippen LogP contribution < -0.4 is 0 Å². The van der Waals surface area contributed by atoms with Crippen molar-refractivity contribution in [2.45, 2.75) is 25.9 Å². The van der Waals surface area contributed by atoms with Crippen LogP contribution in [0.15, 0.2) is 66.9 Å². The van der Waals surface area contributed by atoms with Crippen molar-refractivity contribution in [1.29, 1.82) is 0 Å². The minimum atomic E-state index is -3.04. The zero-order chi connectivity index (χ0) is 22.7. The van der Waals surface area contributed by atoms with Crippen LogP contribution in [0.1, 0.15) is 23.1 Å². The lowest BCUT2D eigenvalue weighted by Gasteiger charge is -2.21. The fraction of sp³-hybridized carbons (Fsp3) is 0.280. The number of hydrogen-bond acceptors (Lipinski definition) is 4. The minimum Gasteiger partial charge on any atom is -0.338 e. The van der Waals surface area contributed by atoms with Crippen LogP contribution in [0.5, 0.6) is 0 Å². The van der Waals surface area contributed by atoms with Crippen molar-refractivity contribution in [3.05, 3.63) is 83.6 Å². The van der Waals surface area contributed by atoms with E-state index in [9.17, 15) is 13.2 Å². The highest BCUT2D eigenvalue weighted by molar-refractivity contribution is 7.91. The first-order valence-electron chi connectivity index (χ1n) is 10.6. The van der Waals surface area contributed by atoms with E-state index in [4.69, 9.17) is 5.10 Å². The Morgan fingerprint density at radius 3 is 2.53 bits per heavy atom. The van der Waals surface area contributed by atoms with Crippen molar-refractivity contribution >= 4 is 21.8 Å². The normalized spacial score (nSPS) is 17.6. The number of likely N-dealkylation sites (N-methyl/N-ethyl adjacent to an activating group) is 1. The topological polar surface area (TPSA) is 72.3 Å². The van der Waals surface area contributed by atoms with E-state index >= 15 is 0 Å². The average Bonchev–Trinajstić information content (AvgIpc) is 3.36. The molecule has 1 amide bonds. The van der Waals surface area contributed by atoms with Gasteiger partial charge in [0.2, 0.25) is 5.91 Å². The van der Waals surface area contributed by atoms with Gasteiger partial charge in [0.15, 0.2) is 9.84 Å². The predicted molar refractivity (Wildman–Crippen MR) is 127 cm³/mol. The number of carbonyl (C=O) groups excluding carboxylic acids is 1. The summed E-state index contributed by atoms with van der Waals surface area (Å²) < 4.78 is 25.4. The molecule has 0 N–H and O–H groups in total. The van der Waals surface area contributed by atoms with Gasteiger partial charge in [0.1, 0.15) is 0 Å². The summed E-state index contributed by atoms with van der Waals surface area (Å²) in [6.45, 7) is 2.69. The van der Waals surface area contributed by atoms with E-state index in [0.29, 0.717) is 13.0 Å². The minimum absolute atomic E-state index is 0.0346. The van der Waals surface area contributed by atoms with Crippen molar-refractivity contribution in [2.75, 3.05) is 18.6 Å². The van der Waals surface area contributed by atoms with E-state index < -0.39 is 9.84 Å². The smallest absolute Gasteiger partial charge is 0.246 e. The van der Waals surface area contributed by atoms with Crippen LogP contribution >= 0.6 is 0 Å². The Balaban J connectivity index is 1.58. The lowest BCUT2D eigenvalue weighted by atomic mass is 10.1. The summed E-state index contributed by atoms with van der Waals surface area (Å²) in [5, 5.41) is 4.78. The zero-order valence-electron chi connectivity index (χ0n) is 18.3. The highest BCUT2D eigenvalue weighted by atomic mass is 32.2. The molecule has 1 atom stereocenters. The molecule has 3 aromatic rings. The van der Waals surface area contributed by atoms with Crippen LogP contribution in [-0.2, 0) is 21.2 Å². The maximum absolute atomic E-state index is 12.7. The Kier molecular flexibility index (Phi) is 6.28. The van der Waals surface area contributed by atoms with Crippen molar-refractivity contribution in [3.63, 3.8) is 0 Å². The van der Waals surface area contributed by atoms with Gasteiger partial charge in [-0.15, -0.1) is 0 Å². The highest BCUT2D eigenvalue weighted by Gasteiger charge is 2.32. The molecule has 0 radical (unpaired) electrons. The Morgan fingerprint density at radius 1 is 1.16 bits per heavy atom. The number of aromatic nitrogens is 2. The van der Waals surface area contributed by atoms with Crippen molar-refractivity contribution < 1.29 is 13.2 Å². The number of carbonyl (C=O) groups is 1. The van der Waals surface area contributed by atoms with E-state index in [1.165, 1.54) is 16.5 Å². The Labute approximate surface area is 189 Å². The third-order valence-corrected chi connectivity index (χ3v) is 7.56. The average molecular weight is 450 g/mol. The molecule has 0 bridgehead atoms. The van der Waals surface area contributed by atoms with Gasteiger partial charge in [0, 0.05) is 36.5 Å². The van der Waals surface area contributed by atoms with Gasteiger partial charge in [0.05, 0.1) is 23.7 Å². The van der Waals surface area contributed by atoms with E-state index in [0.717, 1.165) is 22.4 Å². The zero-order valence-corrected chi connectivity index (χ0v) is 19.1. The summed E-state index contributed by atoms with van der Waals surface area (Å²) in [5.74, 6) is -0.0344. The van der Waals surface area contributed by atoms with Gasteiger partial charge in [-0.1, -0.05) is 60.2 Å². The Bertz CT molecular complexity index is 1230. The monoisotopic (exact) mass is 449 g/mol. The van der Waals surface area contributed by atoms with Gasteiger partial charge in [-0.05, 0) is 25.0 Å². The molecule has 2 aromatic carbocycles. The Hall–Kier alpha value is -3.19. The molecule has 32 heavy (non-hydrogen) atoms. The molecule has 1 fully saturated rings. The van der Waals surface area contributed by atoms with Gasteiger partial charge in [-0.25, -0.2) is 8.42 Å². The molecule has 1 aliphatic rings.